The summed E-state index contributed by atoms with van der Waals surface area (Å²) in [6.45, 7) is 16.6. The topological polar surface area (TPSA) is 9.23 Å². The lowest BCUT2D eigenvalue weighted by Gasteiger charge is -2.44. The average molecular weight is 411 g/mol. The molecule has 0 aromatic rings. The van der Waals surface area contributed by atoms with Gasteiger partial charge in [0.1, 0.15) is 0 Å². The van der Waals surface area contributed by atoms with Crippen LogP contribution in [0.4, 0.5) is 0 Å². The van der Waals surface area contributed by atoms with Crippen molar-refractivity contribution < 1.29 is 4.74 Å². The highest BCUT2D eigenvalue weighted by Gasteiger charge is 2.63. The van der Waals surface area contributed by atoms with E-state index in [1.54, 1.807) is 5.57 Å². The van der Waals surface area contributed by atoms with Gasteiger partial charge in [-0.1, -0.05) is 70.6 Å². The van der Waals surface area contributed by atoms with E-state index in [-0.39, 0.29) is 11.5 Å². The summed E-state index contributed by atoms with van der Waals surface area (Å²) in [5.41, 5.74) is 3.94. The smallest absolute Gasteiger partial charge is 0.0850 e. The molecule has 1 heteroatoms. The standard InChI is InChI=1S/C29H46O/c1-19(2)20(3)10-11-21(4)25-14-15-26-23(9-8-16-28(25,26)6)17-27(30-7)29-18-24(29)13-12-22(29)5/h10-11,17,19-21,24-27H,5,8-9,12-16,18H2,1-4,6-7H3/b11-10+,23-17+/t20-,21+,24?,25+,26?,27?,28+,29?/m0/s1. The molecule has 4 rings (SSSR count). The molecular formula is C29H46O. The van der Waals surface area contributed by atoms with Crippen molar-refractivity contribution in [1.82, 2.24) is 0 Å². The van der Waals surface area contributed by atoms with Crippen LogP contribution in [0.25, 0.3) is 0 Å². The third-order valence-corrected chi connectivity index (χ3v) is 10.2. The highest BCUT2D eigenvalue weighted by atomic mass is 16.5. The highest BCUT2D eigenvalue weighted by molar-refractivity contribution is 5.35. The van der Waals surface area contributed by atoms with Crippen LogP contribution in [0.1, 0.15) is 86.0 Å². The first-order valence-corrected chi connectivity index (χ1v) is 12.8. The van der Waals surface area contributed by atoms with Gasteiger partial charge in [0, 0.05) is 12.5 Å². The Balaban J connectivity index is 1.52. The summed E-state index contributed by atoms with van der Waals surface area (Å²) >= 11 is 0. The van der Waals surface area contributed by atoms with E-state index in [1.807, 2.05) is 7.11 Å². The van der Waals surface area contributed by atoms with Crippen LogP contribution in [0.3, 0.4) is 0 Å². The predicted molar refractivity (Wildman–Crippen MR) is 128 cm³/mol. The fourth-order valence-electron chi connectivity index (χ4n) is 7.74. The zero-order valence-corrected chi connectivity index (χ0v) is 20.5. The van der Waals surface area contributed by atoms with Gasteiger partial charge in [0.15, 0.2) is 0 Å². The van der Waals surface area contributed by atoms with Crippen molar-refractivity contribution in [3.8, 4) is 0 Å². The van der Waals surface area contributed by atoms with Crippen molar-refractivity contribution in [2.75, 3.05) is 7.11 Å². The lowest BCUT2D eigenvalue weighted by molar-refractivity contribution is 0.0826. The van der Waals surface area contributed by atoms with Gasteiger partial charge in [-0.3, -0.25) is 0 Å². The molecule has 4 aliphatic carbocycles. The Hall–Kier alpha value is -0.820. The fourth-order valence-corrected chi connectivity index (χ4v) is 7.74. The van der Waals surface area contributed by atoms with Gasteiger partial charge >= 0.3 is 0 Å². The number of hydrogen-bond acceptors (Lipinski definition) is 1. The molecule has 0 N–H and O–H groups in total. The number of allylic oxidation sites excluding steroid dienone is 3. The second kappa shape index (κ2) is 8.27. The molecule has 1 nitrogen and oxygen atoms in total. The fraction of sp³-hybridized carbons (Fsp3) is 0.793. The Labute approximate surface area is 186 Å². The maximum Gasteiger partial charge on any atom is 0.0850 e. The second-order valence-electron chi connectivity index (χ2n) is 11.9. The van der Waals surface area contributed by atoms with Gasteiger partial charge in [0.25, 0.3) is 0 Å². The van der Waals surface area contributed by atoms with Crippen LogP contribution >= 0.6 is 0 Å². The predicted octanol–water partition coefficient (Wildman–Crippen LogP) is 7.98. The van der Waals surface area contributed by atoms with Gasteiger partial charge in [-0.05, 0) is 92.3 Å². The Morgan fingerprint density at radius 1 is 1.07 bits per heavy atom. The molecule has 4 fully saturated rings. The number of fused-ring (bicyclic) bond motifs is 2. The van der Waals surface area contributed by atoms with Gasteiger partial charge in [0.05, 0.1) is 6.10 Å². The minimum atomic E-state index is 0.262. The molecule has 4 aliphatic rings. The molecule has 168 valence electrons. The number of hydrogen-bond donors (Lipinski definition) is 0. The maximum absolute atomic E-state index is 6.15. The molecule has 0 heterocycles. The van der Waals surface area contributed by atoms with Crippen LogP contribution in [-0.4, -0.2) is 13.2 Å². The molecule has 8 atom stereocenters. The first-order chi connectivity index (χ1) is 14.2. The SMILES string of the molecule is C=C1CCC2CC12C(/C=C1\CCC[C@@]2(C)C1CC[C@@H]2[C@H](C)/C=C/[C@H](C)C(C)C)OC. The molecule has 0 radical (unpaired) electrons. The third-order valence-electron chi connectivity index (χ3n) is 10.2. The van der Waals surface area contributed by atoms with Crippen LogP contribution < -0.4 is 0 Å². The van der Waals surface area contributed by atoms with E-state index in [4.69, 9.17) is 4.74 Å². The molecule has 4 saturated carbocycles. The van der Waals surface area contributed by atoms with Gasteiger partial charge in [-0.25, -0.2) is 0 Å². The van der Waals surface area contributed by atoms with E-state index in [0.29, 0.717) is 17.3 Å². The van der Waals surface area contributed by atoms with E-state index >= 15 is 0 Å². The molecule has 0 spiro atoms. The summed E-state index contributed by atoms with van der Waals surface area (Å²) in [6, 6.07) is 0. The van der Waals surface area contributed by atoms with Crippen molar-refractivity contribution in [3.63, 3.8) is 0 Å². The minimum absolute atomic E-state index is 0.262. The number of rotatable bonds is 7. The molecule has 30 heavy (non-hydrogen) atoms. The largest absolute Gasteiger partial charge is 0.376 e. The minimum Gasteiger partial charge on any atom is -0.376 e. The van der Waals surface area contributed by atoms with E-state index in [1.165, 1.54) is 56.9 Å². The van der Waals surface area contributed by atoms with Crippen molar-refractivity contribution in [2.45, 2.75) is 92.1 Å². The highest BCUT2D eigenvalue weighted by Crippen LogP contribution is 2.69. The van der Waals surface area contributed by atoms with Gasteiger partial charge in [-0.2, -0.15) is 0 Å². The number of methoxy groups -OCH3 is 1. The van der Waals surface area contributed by atoms with Gasteiger partial charge in [0.2, 0.25) is 0 Å². The Kier molecular flexibility index (Phi) is 6.17. The molecular weight excluding hydrogens is 364 g/mol. The Morgan fingerprint density at radius 3 is 2.43 bits per heavy atom. The summed E-state index contributed by atoms with van der Waals surface area (Å²) in [5.74, 6) is 4.50. The normalized spacial score (nSPS) is 42.6. The van der Waals surface area contributed by atoms with Gasteiger partial charge in [-0.15, -0.1) is 0 Å². The van der Waals surface area contributed by atoms with E-state index in [2.05, 4.69) is 59.4 Å². The molecule has 0 aromatic heterocycles. The van der Waals surface area contributed by atoms with Crippen molar-refractivity contribution >= 4 is 0 Å². The second-order valence-corrected chi connectivity index (χ2v) is 11.9. The quantitative estimate of drug-likeness (QED) is 0.386. The molecule has 4 unspecified atom stereocenters. The first kappa shape index (κ1) is 22.4. The molecule has 0 aromatic carbocycles. The van der Waals surface area contributed by atoms with Crippen LogP contribution in [0.2, 0.25) is 0 Å². The van der Waals surface area contributed by atoms with Crippen LogP contribution in [0.5, 0.6) is 0 Å². The molecule has 0 bridgehead atoms. The van der Waals surface area contributed by atoms with Crippen LogP contribution in [-0.2, 0) is 4.74 Å². The Bertz CT molecular complexity index is 714. The lowest BCUT2D eigenvalue weighted by atomic mass is 9.61. The third kappa shape index (κ3) is 3.58. The van der Waals surface area contributed by atoms with E-state index in [0.717, 1.165) is 23.7 Å². The van der Waals surface area contributed by atoms with E-state index < -0.39 is 0 Å². The maximum atomic E-state index is 6.15. The average Bonchev–Trinajstić information content (AvgIpc) is 3.21. The van der Waals surface area contributed by atoms with Crippen LogP contribution in [0, 0.1) is 46.3 Å². The monoisotopic (exact) mass is 410 g/mol. The summed E-state index contributed by atoms with van der Waals surface area (Å²) in [6.07, 6.45) is 18.6. The van der Waals surface area contributed by atoms with Crippen LogP contribution in [0.15, 0.2) is 36.0 Å². The summed E-state index contributed by atoms with van der Waals surface area (Å²) in [5, 5.41) is 0. The van der Waals surface area contributed by atoms with E-state index in [9.17, 15) is 0 Å². The summed E-state index contributed by atoms with van der Waals surface area (Å²) in [4.78, 5) is 0. The first-order valence-electron chi connectivity index (χ1n) is 12.8. The summed E-state index contributed by atoms with van der Waals surface area (Å²) < 4.78 is 6.15. The molecule has 0 aliphatic heterocycles. The summed E-state index contributed by atoms with van der Waals surface area (Å²) in [7, 11) is 1.93. The van der Waals surface area contributed by atoms with Crippen molar-refractivity contribution in [2.24, 2.45) is 46.3 Å². The zero-order valence-electron chi connectivity index (χ0n) is 20.5. The Morgan fingerprint density at radius 2 is 1.83 bits per heavy atom. The molecule has 0 amide bonds. The lowest BCUT2D eigenvalue weighted by Crippen LogP contribution is -2.36. The zero-order chi connectivity index (χ0) is 21.7. The molecule has 0 saturated heterocycles. The van der Waals surface area contributed by atoms with Crippen molar-refractivity contribution in [1.29, 1.82) is 0 Å². The van der Waals surface area contributed by atoms with Gasteiger partial charge < -0.3 is 4.74 Å². The number of ether oxygens (including phenoxy) is 1. The van der Waals surface area contributed by atoms with Crippen molar-refractivity contribution in [3.05, 3.63) is 36.0 Å².